The van der Waals surface area contributed by atoms with Gasteiger partial charge in [0.1, 0.15) is 11.6 Å². The van der Waals surface area contributed by atoms with Crippen LogP contribution in [0.5, 0.6) is 0 Å². The molecule has 4 rings (SSSR count). The van der Waals surface area contributed by atoms with Crippen LogP contribution in [0.2, 0.25) is 0 Å². The molecule has 210 valence electrons. The molecule has 0 unspecified atom stereocenters. The Morgan fingerprint density at radius 1 is 0.550 bits per heavy atom. The molecule has 0 spiro atoms. The van der Waals surface area contributed by atoms with Crippen molar-refractivity contribution in [2.24, 2.45) is 0 Å². The SMILES string of the molecule is CC(=O)CC(C)=O.CC(C)(C)c1ccc(-c2ccccn2)cc1.CC(C)(C)c1ccc(-c2ccccn2)cc1.[Ir+3]. The summed E-state index contributed by atoms with van der Waals surface area (Å²) in [4.78, 5) is 28.7. The van der Waals surface area contributed by atoms with Gasteiger partial charge in [0.2, 0.25) is 0 Å². The van der Waals surface area contributed by atoms with Gasteiger partial charge in [0.15, 0.2) is 0 Å². The van der Waals surface area contributed by atoms with Crippen LogP contribution in [0, 0.1) is 0 Å². The Bertz CT molecular complexity index is 1200. The van der Waals surface area contributed by atoms with Gasteiger partial charge in [0.25, 0.3) is 0 Å². The van der Waals surface area contributed by atoms with E-state index >= 15 is 0 Å². The summed E-state index contributed by atoms with van der Waals surface area (Å²) in [5, 5.41) is 0. The molecule has 4 aromatic rings. The van der Waals surface area contributed by atoms with Gasteiger partial charge in [-0.25, -0.2) is 0 Å². The molecule has 0 saturated heterocycles. The van der Waals surface area contributed by atoms with E-state index in [4.69, 9.17) is 0 Å². The van der Waals surface area contributed by atoms with Crippen LogP contribution in [0.3, 0.4) is 0 Å². The second-order valence-electron chi connectivity index (χ2n) is 11.7. The van der Waals surface area contributed by atoms with Crippen molar-refractivity contribution in [1.29, 1.82) is 0 Å². The van der Waals surface area contributed by atoms with Gasteiger partial charge in [0.05, 0.1) is 17.8 Å². The number of pyridine rings is 2. The van der Waals surface area contributed by atoms with E-state index in [2.05, 4.69) is 100 Å². The first kappa shape index (κ1) is 34.8. The average molecular weight is 715 g/mol. The maximum atomic E-state index is 10.0. The van der Waals surface area contributed by atoms with Gasteiger partial charge in [0, 0.05) is 23.5 Å². The summed E-state index contributed by atoms with van der Waals surface area (Å²) in [6, 6.07) is 29.3. The fraction of sp³-hybridized carbons (Fsp3) is 0.314. The maximum absolute atomic E-state index is 10.0. The first-order valence-corrected chi connectivity index (χ1v) is 13.3. The van der Waals surface area contributed by atoms with Crippen molar-refractivity contribution < 1.29 is 29.7 Å². The smallest absolute Gasteiger partial charge is 0.300 e. The first-order chi connectivity index (χ1) is 18.3. The molecule has 0 atom stereocenters. The molecule has 40 heavy (non-hydrogen) atoms. The number of carbonyl (C=O) groups excluding carboxylic acids is 2. The summed E-state index contributed by atoms with van der Waals surface area (Å²) < 4.78 is 0. The number of aromatic nitrogens is 2. The Kier molecular flexibility index (Phi) is 14.0. The standard InChI is InChI=1S/2C15H17N.C5H8O2.Ir/c2*1-15(2,3)13-9-7-12(8-10-13)14-6-4-5-11-16-14;1-4(6)3-5(2)7;/h2*4-11H,1-3H3;3H2,1-2H3;/q;;;+3. The maximum Gasteiger partial charge on any atom is 3.00 e. The molecule has 2 aromatic carbocycles. The third-order valence-corrected chi connectivity index (χ3v) is 5.92. The summed E-state index contributed by atoms with van der Waals surface area (Å²) >= 11 is 0. The Morgan fingerprint density at radius 2 is 0.875 bits per heavy atom. The molecule has 0 aliphatic rings. The number of carbonyl (C=O) groups is 2. The van der Waals surface area contributed by atoms with Crippen molar-refractivity contribution in [3.63, 3.8) is 0 Å². The van der Waals surface area contributed by atoms with E-state index < -0.39 is 0 Å². The second kappa shape index (κ2) is 16.1. The molecule has 0 fully saturated rings. The van der Waals surface area contributed by atoms with Gasteiger partial charge >= 0.3 is 20.1 Å². The number of nitrogens with zero attached hydrogens (tertiary/aromatic N) is 2. The van der Waals surface area contributed by atoms with E-state index in [1.165, 1.54) is 36.1 Å². The number of benzene rings is 2. The van der Waals surface area contributed by atoms with Crippen molar-refractivity contribution in [2.45, 2.75) is 72.6 Å². The quantitative estimate of drug-likeness (QED) is 0.199. The van der Waals surface area contributed by atoms with Gasteiger partial charge < -0.3 is 0 Å². The number of rotatable bonds is 4. The first-order valence-electron chi connectivity index (χ1n) is 13.3. The summed E-state index contributed by atoms with van der Waals surface area (Å²) in [5.41, 5.74) is 7.54. The van der Waals surface area contributed by atoms with Gasteiger partial charge in [-0.05, 0) is 60.1 Å². The predicted molar refractivity (Wildman–Crippen MR) is 163 cm³/mol. The van der Waals surface area contributed by atoms with Crippen molar-refractivity contribution in [2.75, 3.05) is 0 Å². The Labute approximate surface area is 254 Å². The minimum absolute atomic E-state index is 0. The van der Waals surface area contributed by atoms with Crippen LogP contribution in [0.15, 0.2) is 97.3 Å². The minimum Gasteiger partial charge on any atom is -0.300 e. The van der Waals surface area contributed by atoms with Crippen LogP contribution >= 0.6 is 0 Å². The fourth-order valence-electron chi connectivity index (χ4n) is 3.70. The van der Waals surface area contributed by atoms with Crippen LogP contribution in [0.25, 0.3) is 22.5 Å². The van der Waals surface area contributed by atoms with Crippen LogP contribution in [0.1, 0.15) is 72.9 Å². The van der Waals surface area contributed by atoms with Crippen molar-refractivity contribution >= 4 is 11.6 Å². The van der Waals surface area contributed by atoms with Gasteiger partial charge in [-0.2, -0.15) is 0 Å². The Morgan fingerprint density at radius 3 is 1.07 bits per heavy atom. The second-order valence-corrected chi connectivity index (χ2v) is 11.7. The molecule has 2 heterocycles. The number of Topliss-reactive ketones (excluding diaryl/α,β-unsaturated/α-hetero) is 2. The van der Waals surface area contributed by atoms with Crippen LogP contribution in [-0.4, -0.2) is 21.5 Å². The molecule has 0 aliphatic heterocycles. The summed E-state index contributed by atoms with van der Waals surface area (Å²) in [7, 11) is 0. The topological polar surface area (TPSA) is 59.9 Å². The zero-order chi connectivity index (χ0) is 29.1. The number of ketones is 2. The van der Waals surface area contributed by atoms with E-state index in [1.54, 1.807) is 0 Å². The van der Waals surface area contributed by atoms with E-state index in [1.807, 2.05) is 48.8 Å². The number of hydrogen-bond acceptors (Lipinski definition) is 4. The summed E-state index contributed by atoms with van der Waals surface area (Å²) in [6.07, 6.45) is 3.74. The fourth-order valence-corrected chi connectivity index (χ4v) is 3.70. The molecule has 0 N–H and O–H groups in total. The molecule has 5 heteroatoms. The van der Waals surface area contributed by atoms with Gasteiger partial charge in [-0.15, -0.1) is 0 Å². The van der Waals surface area contributed by atoms with E-state index in [0.717, 1.165) is 11.4 Å². The summed E-state index contributed by atoms with van der Waals surface area (Å²) in [6.45, 7) is 16.2. The molecule has 2 aromatic heterocycles. The van der Waals surface area contributed by atoms with Gasteiger partial charge in [-0.3, -0.25) is 19.6 Å². The monoisotopic (exact) mass is 715 g/mol. The zero-order valence-electron chi connectivity index (χ0n) is 25.0. The van der Waals surface area contributed by atoms with Crippen LogP contribution in [0.4, 0.5) is 0 Å². The molecular formula is C35H42IrN2O2+3. The zero-order valence-corrected chi connectivity index (χ0v) is 27.4. The third-order valence-electron chi connectivity index (χ3n) is 5.92. The molecule has 0 radical (unpaired) electrons. The van der Waals surface area contributed by atoms with Crippen LogP contribution in [-0.2, 0) is 40.5 Å². The van der Waals surface area contributed by atoms with E-state index in [-0.39, 0.29) is 48.9 Å². The van der Waals surface area contributed by atoms with Crippen molar-refractivity contribution in [3.05, 3.63) is 108 Å². The Hall–Kier alpha value is -3.27. The normalized spacial score (nSPS) is 10.6. The molecule has 0 bridgehead atoms. The number of hydrogen-bond donors (Lipinski definition) is 0. The molecule has 0 amide bonds. The molecule has 0 aliphatic carbocycles. The average Bonchev–Trinajstić information content (AvgIpc) is 2.89. The summed E-state index contributed by atoms with van der Waals surface area (Å²) in [5.74, 6) is -0.125. The molecule has 0 saturated carbocycles. The van der Waals surface area contributed by atoms with E-state index in [0.29, 0.717) is 0 Å². The molecular weight excluding hydrogens is 673 g/mol. The molecule has 4 nitrogen and oxygen atoms in total. The van der Waals surface area contributed by atoms with Crippen molar-refractivity contribution in [1.82, 2.24) is 9.97 Å². The minimum atomic E-state index is -0.0625. The van der Waals surface area contributed by atoms with Crippen molar-refractivity contribution in [3.8, 4) is 22.5 Å². The van der Waals surface area contributed by atoms with Crippen LogP contribution < -0.4 is 0 Å². The Balaban J connectivity index is 0.000000320. The largest absolute Gasteiger partial charge is 3.00 e. The third kappa shape index (κ3) is 12.3. The van der Waals surface area contributed by atoms with Gasteiger partial charge in [-0.1, -0.05) is 102 Å². The predicted octanol–water partition coefficient (Wildman–Crippen LogP) is 8.64. The van der Waals surface area contributed by atoms with E-state index in [9.17, 15) is 9.59 Å².